The molecule has 7 heteroatoms. The van der Waals surface area contributed by atoms with Crippen molar-refractivity contribution in [3.8, 4) is 11.6 Å². The molecule has 0 spiro atoms. The molecule has 1 aromatic carbocycles. The molecule has 0 atom stereocenters. The zero-order chi connectivity index (χ0) is 16.1. The molecule has 23 heavy (non-hydrogen) atoms. The van der Waals surface area contributed by atoms with Crippen molar-refractivity contribution in [2.75, 3.05) is 5.75 Å². The van der Waals surface area contributed by atoms with E-state index in [-0.39, 0.29) is 5.91 Å². The Bertz CT molecular complexity index is 769. The molecule has 0 fully saturated rings. The monoisotopic (exact) mass is 328 g/mol. The fourth-order valence-electron chi connectivity index (χ4n) is 2.13. The maximum Gasteiger partial charge on any atom is 0.218 e. The third-order valence-electron chi connectivity index (χ3n) is 3.22. The molecule has 2 aromatic heterocycles. The summed E-state index contributed by atoms with van der Waals surface area (Å²) in [5.41, 5.74) is 6.33. The molecule has 0 saturated carbocycles. The number of benzene rings is 1. The normalized spacial score (nSPS) is 10.8. The van der Waals surface area contributed by atoms with Gasteiger partial charge in [-0.25, -0.2) is 0 Å². The zero-order valence-corrected chi connectivity index (χ0v) is 13.2. The lowest BCUT2D eigenvalue weighted by Gasteiger charge is -2.09. The first-order chi connectivity index (χ1) is 11.2. The van der Waals surface area contributed by atoms with E-state index in [2.05, 4.69) is 10.2 Å². The van der Waals surface area contributed by atoms with Crippen molar-refractivity contribution >= 4 is 17.7 Å². The number of aromatic nitrogens is 3. The van der Waals surface area contributed by atoms with Crippen LogP contribution >= 0.6 is 11.8 Å². The maximum atomic E-state index is 10.9. The summed E-state index contributed by atoms with van der Waals surface area (Å²) < 4.78 is 7.43. The number of nitrogens with two attached hydrogens (primary N) is 1. The molecule has 0 aliphatic carbocycles. The molecule has 0 radical (unpaired) electrons. The number of carbonyl (C=O) groups is 1. The third-order valence-corrected chi connectivity index (χ3v) is 4.19. The number of amides is 1. The summed E-state index contributed by atoms with van der Waals surface area (Å²) in [4.78, 5) is 10.9. The van der Waals surface area contributed by atoms with Crippen LogP contribution in [0.1, 0.15) is 12.0 Å². The van der Waals surface area contributed by atoms with E-state index in [4.69, 9.17) is 10.2 Å². The van der Waals surface area contributed by atoms with Crippen molar-refractivity contribution in [2.24, 2.45) is 5.73 Å². The Morgan fingerprint density at radius 3 is 2.70 bits per heavy atom. The van der Waals surface area contributed by atoms with Gasteiger partial charge in [-0.1, -0.05) is 42.1 Å². The minimum Gasteiger partial charge on any atom is -0.461 e. The summed E-state index contributed by atoms with van der Waals surface area (Å²) in [6.07, 6.45) is 1.91. The Morgan fingerprint density at radius 1 is 1.17 bits per heavy atom. The molecule has 3 rings (SSSR count). The summed E-state index contributed by atoms with van der Waals surface area (Å²) in [5.74, 6) is 1.58. The number of primary amides is 1. The van der Waals surface area contributed by atoms with Gasteiger partial charge in [0.15, 0.2) is 10.9 Å². The highest BCUT2D eigenvalue weighted by molar-refractivity contribution is 7.99. The van der Waals surface area contributed by atoms with E-state index in [0.29, 0.717) is 30.3 Å². The van der Waals surface area contributed by atoms with Gasteiger partial charge in [0.2, 0.25) is 11.7 Å². The van der Waals surface area contributed by atoms with Gasteiger partial charge in [-0.2, -0.15) is 0 Å². The smallest absolute Gasteiger partial charge is 0.218 e. The van der Waals surface area contributed by atoms with Crippen LogP contribution in [-0.2, 0) is 11.3 Å². The second-order valence-corrected chi connectivity index (χ2v) is 5.98. The first kappa shape index (κ1) is 15.4. The molecule has 2 N–H and O–H groups in total. The van der Waals surface area contributed by atoms with Crippen LogP contribution in [0.25, 0.3) is 11.6 Å². The minimum atomic E-state index is -0.321. The molecule has 118 valence electrons. The zero-order valence-electron chi connectivity index (χ0n) is 12.4. The lowest BCUT2D eigenvalue weighted by molar-refractivity contribution is -0.117. The molecule has 0 aliphatic heterocycles. The average molecular weight is 328 g/mol. The van der Waals surface area contributed by atoms with Crippen molar-refractivity contribution in [1.29, 1.82) is 0 Å². The highest BCUT2D eigenvalue weighted by Crippen LogP contribution is 2.25. The van der Waals surface area contributed by atoms with Crippen LogP contribution in [-0.4, -0.2) is 26.4 Å². The largest absolute Gasteiger partial charge is 0.461 e. The van der Waals surface area contributed by atoms with Crippen LogP contribution in [0.5, 0.6) is 0 Å². The number of rotatable bonds is 7. The third kappa shape index (κ3) is 3.81. The fourth-order valence-corrected chi connectivity index (χ4v) is 3.03. The summed E-state index contributed by atoms with van der Waals surface area (Å²) >= 11 is 1.46. The molecule has 0 saturated heterocycles. The van der Waals surface area contributed by atoms with Gasteiger partial charge in [0, 0.05) is 12.2 Å². The van der Waals surface area contributed by atoms with Gasteiger partial charge in [0.25, 0.3) is 0 Å². The highest BCUT2D eigenvalue weighted by Gasteiger charge is 2.16. The fraction of sp³-hybridized carbons (Fsp3) is 0.188. The van der Waals surface area contributed by atoms with Crippen LogP contribution in [0.3, 0.4) is 0 Å². The molecule has 3 aromatic rings. The van der Waals surface area contributed by atoms with Gasteiger partial charge in [0.05, 0.1) is 12.8 Å². The number of thioether (sulfide) groups is 1. The van der Waals surface area contributed by atoms with E-state index < -0.39 is 0 Å². The first-order valence-corrected chi connectivity index (χ1v) is 8.14. The molecular formula is C16H16N4O2S. The molecule has 1 amide bonds. The van der Waals surface area contributed by atoms with Gasteiger partial charge in [-0.3, -0.25) is 9.36 Å². The number of carbonyl (C=O) groups excluding carboxylic acids is 1. The summed E-state index contributed by atoms with van der Waals surface area (Å²) in [5, 5.41) is 9.20. The Morgan fingerprint density at radius 2 is 2.00 bits per heavy atom. The molecular weight excluding hydrogens is 312 g/mol. The maximum absolute atomic E-state index is 10.9. The standard InChI is InChI=1S/C16H16N4O2S/c17-14(21)8-10-23-16-19-18-15(13-7-4-9-22-13)20(16)11-12-5-2-1-3-6-12/h1-7,9H,8,10-11H2,(H2,17,21). The lowest BCUT2D eigenvalue weighted by Crippen LogP contribution is -2.11. The summed E-state index contributed by atoms with van der Waals surface area (Å²) in [6, 6.07) is 13.7. The highest BCUT2D eigenvalue weighted by atomic mass is 32.2. The van der Waals surface area contributed by atoms with Gasteiger partial charge >= 0.3 is 0 Å². The van der Waals surface area contributed by atoms with Crippen LogP contribution in [0.2, 0.25) is 0 Å². The van der Waals surface area contributed by atoms with E-state index in [1.165, 1.54) is 11.8 Å². The molecule has 0 aliphatic rings. The Labute approximate surface area is 137 Å². The number of hydrogen-bond donors (Lipinski definition) is 1. The Balaban J connectivity index is 1.88. The van der Waals surface area contributed by atoms with Gasteiger partial charge in [-0.05, 0) is 17.7 Å². The number of nitrogens with zero attached hydrogens (tertiary/aromatic N) is 3. The van der Waals surface area contributed by atoms with Crippen LogP contribution < -0.4 is 5.73 Å². The second-order valence-electron chi connectivity index (χ2n) is 4.92. The van der Waals surface area contributed by atoms with Gasteiger partial charge < -0.3 is 10.2 Å². The van der Waals surface area contributed by atoms with Crippen molar-refractivity contribution in [1.82, 2.24) is 14.8 Å². The van der Waals surface area contributed by atoms with E-state index in [0.717, 1.165) is 10.7 Å². The second kappa shape index (κ2) is 7.15. The van der Waals surface area contributed by atoms with Crippen molar-refractivity contribution in [3.05, 3.63) is 54.3 Å². The number of furan rings is 1. The van der Waals surface area contributed by atoms with Gasteiger partial charge in [0.1, 0.15) is 0 Å². The van der Waals surface area contributed by atoms with E-state index in [1.807, 2.05) is 47.0 Å². The summed E-state index contributed by atoms with van der Waals surface area (Å²) in [7, 11) is 0. The van der Waals surface area contributed by atoms with Crippen molar-refractivity contribution < 1.29 is 9.21 Å². The minimum absolute atomic E-state index is 0.305. The van der Waals surface area contributed by atoms with Crippen LogP contribution in [0, 0.1) is 0 Å². The topological polar surface area (TPSA) is 86.9 Å². The predicted octanol–water partition coefficient (Wildman–Crippen LogP) is 2.55. The van der Waals surface area contributed by atoms with E-state index in [1.54, 1.807) is 6.26 Å². The Hall–Kier alpha value is -2.54. The van der Waals surface area contributed by atoms with E-state index in [9.17, 15) is 4.79 Å². The molecule has 0 bridgehead atoms. The molecule has 2 heterocycles. The molecule has 6 nitrogen and oxygen atoms in total. The van der Waals surface area contributed by atoms with Crippen molar-refractivity contribution in [2.45, 2.75) is 18.1 Å². The summed E-state index contributed by atoms with van der Waals surface area (Å²) in [6.45, 7) is 0.628. The van der Waals surface area contributed by atoms with Crippen molar-refractivity contribution in [3.63, 3.8) is 0 Å². The molecule has 0 unspecified atom stereocenters. The lowest BCUT2D eigenvalue weighted by atomic mass is 10.2. The van der Waals surface area contributed by atoms with E-state index >= 15 is 0 Å². The quantitative estimate of drug-likeness (QED) is 0.674. The number of hydrogen-bond acceptors (Lipinski definition) is 5. The SMILES string of the molecule is NC(=O)CCSc1nnc(-c2ccco2)n1Cc1ccccc1. The Kier molecular flexibility index (Phi) is 4.77. The first-order valence-electron chi connectivity index (χ1n) is 7.16. The van der Waals surface area contributed by atoms with Crippen LogP contribution in [0.15, 0.2) is 58.3 Å². The predicted molar refractivity (Wildman–Crippen MR) is 87.8 cm³/mol. The van der Waals surface area contributed by atoms with Crippen LogP contribution in [0.4, 0.5) is 0 Å². The van der Waals surface area contributed by atoms with Gasteiger partial charge in [-0.15, -0.1) is 10.2 Å². The average Bonchev–Trinajstić information content (AvgIpc) is 3.18.